The molecule has 0 aliphatic carbocycles. The lowest BCUT2D eigenvalue weighted by atomic mass is 10.2. The molecule has 0 spiro atoms. The van der Waals surface area contributed by atoms with Crippen molar-refractivity contribution in [3.05, 3.63) is 54.1 Å². The fraction of sp³-hybridized carbons (Fsp3) is 0.182. The molecule has 2 nitrogen and oxygen atoms in total. The molecule has 2 aromatic rings. The minimum atomic E-state index is -0.580. The van der Waals surface area contributed by atoms with Crippen LogP contribution in [0.25, 0.3) is 0 Å². The van der Waals surface area contributed by atoms with Gasteiger partial charge in [-0.25, -0.2) is 4.98 Å². The van der Waals surface area contributed by atoms with Gasteiger partial charge in [0.25, 0.3) is 0 Å². The van der Waals surface area contributed by atoms with Crippen LogP contribution >= 0.6 is 23.2 Å². The first-order valence-electron chi connectivity index (χ1n) is 4.60. The van der Waals surface area contributed by atoms with Crippen LogP contribution in [0.15, 0.2) is 42.7 Å². The lowest BCUT2D eigenvalue weighted by Crippen LogP contribution is -2.03. The summed E-state index contributed by atoms with van der Waals surface area (Å²) in [6.07, 6.45) is 3.58. The summed E-state index contributed by atoms with van der Waals surface area (Å²) in [5.41, 5.74) is 1.20. The van der Waals surface area contributed by atoms with Gasteiger partial charge in [0.15, 0.2) is 4.84 Å². The number of rotatable bonds is 3. The summed E-state index contributed by atoms with van der Waals surface area (Å²) in [6, 6.07) is 10.1. The second-order valence-corrected chi connectivity index (χ2v) is 4.30. The zero-order valence-corrected chi connectivity index (χ0v) is 9.49. The second-order valence-electron chi connectivity index (χ2n) is 3.20. The molecule has 1 aromatic heterocycles. The Morgan fingerprint density at radius 2 is 1.93 bits per heavy atom. The number of benzene rings is 1. The number of aromatic nitrogens is 2. The van der Waals surface area contributed by atoms with Crippen LogP contribution in [0.5, 0.6) is 0 Å². The van der Waals surface area contributed by atoms with E-state index >= 15 is 0 Å². The predicted molar refractivity (Wildman–Crippen MR) is 62.2 cm³/mol. The Kier molecular flexibility index (Phi) is 3.29. The van der Waals surface area contributed by atoms with Gasteiger partial charge in [-0.15, -0.1) is 0 Å². The fourth-order valence-corrected chi connectivity index (χ4v) is 1.80. The smallest absolute Gasteiger partial charge is 0.165 e. The van der Waals surface area contributed by atoms with Gasteiger partial charge in [0.05, 0.1) is 0 Å². The molecule has 78 valence electrons. The highest BCUT2D eigenvalue weighted by atomic mass is 35.5. The van der Waals surface area contributed by atoms with Crippen LogP contribution in [0.4, 0.5) is 0 Å². The summed E-state index contributed by atoms with van der Waals surface area (Å²) in [7, 11) is 0. The molecule has 0 saturated carbocycles. The molecule has 0 N–H and O–H groups in total. The third-order valence-corrected chi connectivity index (χ3v) is 2.53. The summed E-state index contributed by atoms with van der Waals surface area (Å²) >= 11 is 11.6. The van der Waals surface area contributed by atoms with Gasteiger partial charge >= 0.3 is 0 Å². The van der Waals surface area contributed by atoms with Crippen molar-refractivity contribution >= 4 is 23.2 Å². The van der Waals surface area contributed by atoms with Crippen molar-refractivity contribution in [1.29, 1.82) is 0 Å². The molecule has 0 saturated heterocycles. The molecule has 0 atom stereocenters. The van der Waals surface area contributed by atoms with Crippen LogP contribution < -0.4 is 0 Å². The Labute approximate surface area is 98.5 Å². The van der Waals surface area contributed by atoms with E-state index in [-0.39, 0.29) is 0 Å². The molecule has 0 bridgehead atoms. The van der Waals surface area contributed by atoms with Crippen LogP contribution in [0.2, 0.25) is 0 Å². The topological polar surface area (TPSA) is 17.8 Å². The molecular formula is C11H10Cl2N2. The van der Waals surface area contributed by atoms with E-state index in [0.29, 0.717) is 5.82 Å². The first-order chi connectivity index (χ1) is 7.27. The summed E-state index contributed by atoms with van der Waals surface area (Å²) in [4.78, 5) is 3.53. The molecule has 0 unspecified atom stereocenters. The van der Waals surface area contributed by atoms with Crippen molar-refractivity contribution in [2.75, 3.05) is 0 Å². The molecule has 0 aliphatic rings. The highest BCUT2D eigenvalue weighted by molar-refractivity contribution is 6.43. The molecule has 0 fully saturated rings. The third kappa shape index (κ3) is 2.52. The number of nitrogens with zero attached hydrogens (tertiary/aromatic N) is 2. The normalized spacial score (nSPS) is 10.9. The van der Waals surface area contributed by atoms with Crippen molar-refractivity contribution in [2.45, 2.75) is 11.4 Å². The zero-order valence-electron chi connectivity index (χ0n) is 7.98. The minimum Gasteiger partial charge on any atom is -0.328 e. The van der Waals surface area contributed by atoms with Gasteiger partial charge in [-0.05, 0) is 5.56 Å². The summed E-state index contributed by atoms with van der Waals surface area (Å²) in [5, 5.41) is 0. The number of imidazole rings is 1. The Hall–Kier alpha value is -0.990. The van der Waals surface area contributed by atoms with Crippen LogP contribution in [0.3, 0.4) is 0 Å². The number of halogens is 2. The lowest BCUT2D eigenvalue weighted by molar-refractivity contribution is 0.750. The average Bonchev–Trinajstić information content (AvgIpc) is 2.67. The molecule has 4 heteroatoms. The number of hydrogen-bond donors (Lipinski definition) is 0. The lowest BCUT2D eigenvalue weighted by Gasteiger charge is -2.07. The Morgan fingerprint density at radius 3 is 2.60 bits per heavy atom. The molecule has 2 rings (SSSR count). The van der Waals surface area contributed by atoms with Gasteiger partial charge in [-0.1, -0.05) is 53.5 Å². The van der Waals surface area contributed by atoms with Crippen LogP contribution in [0, 0.1) is 0 Å². The molecule has 0 radical (unpaired) electrons. The fourth-order valence-electron chi connectivity index (χ4n) is 1.44. The van der Waals surface area contributed by atoms with Crippen molar-refractivity contribution < 1.29 is 0 Å². The average molecular weight is 241 g/mol. The van der Waals surface area contributed by atoms with Crippen molar-refractivity contribution in [1.82, 2.24) is 9.55 Å². The third-order valence-electron chi connectivity index (χ3n) is 2.14. The maximum absolute atomic E-state index is 5.80. The monoisotopic (exact) mass is 240 g/mol. The van der Waals surface area contributed by atoms with E-state index in [1.165, 1.54) is 5.56 Å². The highest BCUT2D eigenvalue weighted by Crippen LogP contribution is 2.23. The van der Waals surface area contributed by atoms with Gasteiger partial charge < -0.3 is 4.57 Å². The van der Waals surface area contributed by atoms with Crippen LogP contribution in [-0.4, -0.2) is 9.55 Å². The quantitative estimate of drug-likeness (QED) is 0.753. The van der Waals surface area contributed by atoms with Crippen molar-refractivity contribution in [3.63, 3.8) is 0 Å². The van der Waals surface area contributed by atoms with E-state index in [0.717, 1.165) is 6.54 Å². The molecular weight excluding hydrogens is 231 g/mol. The minimum absolute atomic E-state index is 0.580. The van der Waals surface area contributed by atoms with Gasteiger partial charge in [0.1, 0.15) is 5.82 Å². The molecule has 1 heterocycles. The van der Waals surface area contributed by atoms with E-state index in [4.69, 9.17) is 23.2 Å². The van der Waals surface area contributed by atoms with E-state index in [2.05, 4.69) is 17.1 Å². The maximum Gasteiger partial charge on any atom is 0.165 e. The predicted octanol–water partition coefficient (Wildman–Crippen LogP) is 3.41. The number of hydrogen-bond acceptors (Lipinski definition) is 1. The van der Waals surface area contributed by atoms with E-state index < -0.39 is 4.84 Å². The standard InChI is InChI=1S/C11H10Cl2N2/c12-10(13)11-14-6-7-15(11)8-9-4-2-1-3-5-9/h1-7,10H,8H2. The van der Waals surface area contributed by atoms with Crippen molar-refractivity contribution in [3.8, 4) is 0 Å². The maximum atomic E-state index is 5.80. The SMILES string of the molecule is ClC(Cl)c1nccn1Cc1ccccc1. The molecule has 0 amide bonds. The van der Waals surface area contributed by atoms with E-state index in [1.54, 1.807) is 6.20 Å². The van der Waals surface area contributed by atoms with Crippen LogP contribution in [-0.2, 0) is 6.54 Å². The zero-order chi connectivity index (χ0) is 10.7. The highest BCUT2D eigenvalue weighted by Gasteiger charge is 2.10. The van der Waals surface area contributed by atoms with E-state index in [1.807, 2.05) is 29.0 Å². The second kappa shape index (κ2) is 4.69. The molecule has 0 aliphatic heterocycles. The number of alkyl halides is 2. The Bertz CT molecular complexity index is 423. The summed E-state index contributed by atoms with van der Waals surface area (Å²) in [5.74, 6) is 0.683. The Balaban J connectivity index is 2.21. The first kappa shape index (κ1) is 10.5. The summed E-state index contributed by atoms with van der Waals surface area (Å²) < 4.78 is 1.94. The summed E-state index contributed by atoms with van der Waals surface area (Å²) in [6.45, 7) is 0.742. The largest absolute Gasteiger partial charge is 0.328 e. The van der Waals surface area contributed by atoms with Crippen molar-refractivity contribution in [2.24, 2.45) is 0 Å². The Morgan fingerprint density at radius 1 is 1.20 bits per heavy atom. The van der Waals surface area contributed by atoms with Gasteiger partial charge in [-0.3, -0.25) is 0 Å². The van der Waals surface area contributed by atoms with E-state index in [9.17, 15) is 0 Å². The van der Waals surface area contributed by atoms with Gasteiger partial charge in [0, 0.05) is 18.9 Å². The van der Waals surface area contributed by atoms with Crippen LogP contribution in [0.1, 0.15) is 16.2 Å². The first-order valence-corrected chi connectivity index (χ1v) is 5.48. The van der Waals surface area contributed by atoms with Gasteiger partial charge in [0.2, 0.25) is 0 Å². The molecule has 15 heavy (non-hydrogen) atoms. The molecule has 1 aromatic carbocycles. The van der Waals surface area contributed by atoms with Gasteiger partial charge in [-0.2, -0.15) is 0 Å².